The van der Waals surface area contributed by atoms with Crippen molar-refractivity contribution in [3.63, 3.8) is 0 Å². The molecule has 1 heterocycles. The standard InChI is InChI=1S/C34H34N4O12.ClH/c1-14-28(39)20(35)11-23(49-14)50-22-13-34(45,15(2)36-37-33(44)16-6-4-7-17(10-16)38(46)47)12-19-25(22)32(43)27-26(30(19)41)29(40)18-8-5-9-21(48-3)24(18)31(27)42;/h4-10,14,20,22-23,28,39,41,43,45H,11-13,35H2,1-3H3,(H,37,44);1H/b36-15+;/t14-,20-,22-,23-,28+,34-;/m0./s1. The van der Waals surface area contributed by atoms with Crippen LogP contribution in [0.4, 0.5) is 5.69 Å². The van der Waals surface area contributed by atoms with Gasteiger partial charge in [-0.2, -0.15) is 5.10 Å². The zero-order chi connectivity index (χ0) is 36.2. The summed E-state index contributed by atoms with van der Waals surface area (Å²) in [7, 11) is 1.32. The maximum atomic E-state index is 13.9. The number of amides is 1. The first-order chi connectivity index (χ1) is 23.7. The van der Waals surface area contributed by atoms with E-state index < -0.39 is 87.7 Å². The van der Waals surface area contributed by atoms with Crippen molar-refractivity contribution in [1.82, 2.24) is 5.43 Å². The number of aliphatic hydroxyl groups excluding tert-OH is 1. The zero-order valence-electron chi connectivity index (χ0n) is 27.5. The molecule has 0 unspecified atom stereocenters. The van der Waals surface area contributed by atoms with Crippen molar-refractivity contribution < 1.29 is 53.9 Å². The van der Waals surface area contributed by atoms with Gasteiger partial charge in [0.25, 0.3) is 11.6 Å². The lowest BCUT2D eigenvalue weighted by molar-refractivity contribution is -0.384. The first kappa shape index (κ1) is 37.3. The Morgan fingerprint density at radius 2 is 1.80 bits per heavy atom. The van der Waals surface area contributed by atoms with Crippen LogP contribution in [0.15, 0.2) is 47.6 Å². The number of ketones is 2. The molecule has 2 aliphatic carbocycles. The largest absolute Gasteiger partial charge is 0.507 e. The topological polar surface area (TPSA) is 253 Å². The highest BCUT2D eigenvalue weighted by Crippen LogP contribution is 2.52. The van der Waals surface area contributed by atoms with Gasteiger partial charge in [-0.1, -0.05) is 18.2 Å². The van der Waals surface area contributed by atoms with E-state index in [1.807, 2.05) is 0 Å². The number of nitrogens with one attached hydrogen (secondary N) is 1. The maximum Gasteiger partial charge on any atom is 0.271 e. The number of non-ortho nitro benzene ring substituents is 1. The summed E-state index contributed by atoms with van der Waals surface area (Å²) in [5.41, 5.74) is 4.58. The van der Waals surface area contributed by atoms with E-state index in [0.717, 1.165) is 6.07 Å². The summed E-state index contributed by atoms with van der Waals surface area (Å²) in [6.45, 7) is 2.97. The fraction of sp³-hybridized carbons (Fsp3) is 0.353. The molecule has 6 rings (SSSR count). The Balaban J connectivity index is 0.00000504. The van der Waals surface area contributed by atoms with Gasteiger partial charge in [-0.3, -0.25) is 24.5 Å². The molecule has 51 heavy (non-hydrogen) atoms. The van der Waals surface area contributed by atoms with Gasteiger partial charge in [0, 0.05) is 59.7 Å². The number of aliphatic hydroxyl groups is 2. The molecule has 3 aromatic carbocycles. The lowest BCUT2D eigenvalue weighted by Crippen LogP contribution is -2.52. The van der Waals surface area contributed by atoms with Crippen LogP contribution < -0.4 is 15.9 Å². The first-order valence-corrected chi connectivity index (χ1v) is 15.6. The Bertz CT molecular complexity index is 1970. The van der Waals surface area contributed by atoms with Crippen LogP contribution in [0, 0.1) is 10.1 Å². The fourth-order valence-electron chi connectivity index (χ4n) is 6.73. The van der Waals surface area contributed by atoms with Crippen LogP contribution in [0.3, 0.4) is 0 Å². The number of hydrogen-bond acceptors (Lipinski definition) is 14. The first-order valence-electron chi connectivity index (χ1n) is 15.6. The van der Waals surface area contributed by atoms with Crippen molar-refractivity contribution in [2.75, 3.05) is 7.11 Å². The van der Waals surface area contributed by atoms with E-state index in [2.05, 4.69) is 10.5 Å². The molecule has 17 heteroatoms. The number of phenolic OH excluding ortho intramolecular Hbond substituents is 2. The number of nitrogens with zero attached hydrogens (tertiary/aromatic N) is 2. The van der Waals surface area contributed by atoms with Crippen molar-refractivity contribution in [1.29, 1.82) is 0 Å². The van der Waals surface area contributed by atoms with Crippen molar-refractivity contribution in [2.24, 2.45) is 10.8 Å². The zero-order valence-corrected chi connectivity index (χ0v) is 28.3. The molecule has 0 radical (unpaired) electrons. The highest BCUT2D eigenvalue weighted by molar-refractivity contribution is 6.31. The Morgan fingerprint density at radius 1 is 1.12 bits per heavy atom. The van der Waals surface area contributed by atoms with E-state index in [4.69, 9.17) is 19.9 Å². The van der Waals surface area contributed by atoms with Gasteiger partial charge < -0.3 is 40.4 Å². The third-order valence-electron chi connectivity index (χ3n) is 9.46. The third-order valence-corrected chi connectivity index (χ3v) is 9.46. The smallest absolute Gasteiger partial charge is 0.271 e. The van der Waals surface area contributed by atoms with Gasteiger partial charge in [-0.05, 0) is 26.0 Å². The molecule has 3 aromatic rings. The fourth-order valence-corrected chi connectivity index (χ4v) is 6.73. The van der Waals surface area contributed by atoms with Gasteiger partial charge in [-0.25, -0.2) is 5.43 Å². The van der Waals surface area contributed by atoms with Crippen molar-refractivity contribution >= 4 is 41.3 Å². The molecule has 1 amide bonds. The quantitative estimate of drug-likeness (QED) is 0.0694. The predicted molar refractivity (Wildman–Crippen MR) is 181 cm³/mol. The van der Waals surface area contributed by atoms with Crippen LogP contribution in [-0.4, -0.2) is 85.8 Å². The van der Waals surface area contributed by atoms with E-state index in [9.17, 15) is 44.9 Å². The number of nitro benzene ring substituents is 1. The molecule has 0 aromatic heterocycles. The van der Waals surface area contributed by atoms with Crippen LogP contribution in [0.1, 0.15) is 86.1 Å². The number of carbonyl (C=O) groups is 3. The number of rotatable bonds is 7. The molecule has 7 N–H and O–H groups in total. The maximum absolute atomic E-state index is 13.9. The second-order valence-corrected chi connectivity index (χ2v) is 12.5. The summed E-state index contributed by atoms with van der Waals surface area (Å²) in [5.74, 6) is -3.61. The average Bonchev–Trinajstić information content (AvgIpc) is 3.09. The number of fused-ring (bicyclic) bond motifs is 3. The second kappa shape index (κ2) is 14.0. The van der Waals surface area contributed by atoms with Gasteiger partial charge in [-0.15, -0.1) is 12.4 Å². The third kappa shape index (κ3) is 6.41. The molecule has 0 spiro atoms. The number of hydrogen-bond donors (Lipinski definition) is 6. The minimum atomic E-state index is -2.00. The van der Waals surface area contributed by atoms with E-state index in [-0.39, 0.29) is 70.2 Å². The van der Waals surface area contributed by atoms with Crippen LogP contribution in [0.25, 0.3) is 0 Å². The molecular formula is C34H35ClN4O12. The average molecular weight is 727 g/mol. The lowest BCUT2D eigenvalue weighted by Gasteiger charge is -2.42. The lowest BCUT2D eigenvalue weighted by atomic mass is 9.71. The van der Waals surface area contributed by atoms with Crippen LogP contribution >= 0.6 is 12.4 Å². The van der Waals surface area contributed by atoms with Crippen molar-refractivity contribution in [3.8, 4) is 17.2 Å². The summed E-state index contributed by atoms with van der Waals surface area (Å²) < 4.78 is 17.4. The summed E-state index contributed by atoms with van der Waals surface area (Å²) in [5, 5.41) is 61.1. The number of halogens is 1. The van der Waals surface area contributed by atoms with Crippen molar-refractivity contribution in [3.05, 3.63) is 91.5 Å². The van der Waals surface area contributed by atoms with Crippen LogP contribution in [-0.2, 0) is 15.9 Å². The molecule has 16 nitrogen and oxygen atoms in total. The number of benzene rings is 3. The summed E-state index contributed by atoms with van der Waals surface area (Å²) in [4.78, 5) is 51.1. The molecule has 1 saturated heterocycles. The monoisotopic (exact) mass is 726 g/mol. The molecule has 270 valence electrons. The van der Waals surface area contributed by atoms with Gasteiger partial charge in [0.15, 0.2) is 12.1 Å². The minimum absolute atomic E-state index is 0. The van der Waals surface area contributed by atoms with E-state index >= 15 is 0 Å². The Morgan fingerprint density at radius 3 is 2.47 bits per heavy atom. The Hall–Kier alpha value is -4.97. The number of hydrazone groups is 1. The number of nitro groups is 1. The number of methoxy groups -OCH3 is 1. The highest BCUT2D eigenvalue weighted by Gasteiger charge is 2.49. The van der Waals surface area contributed by atoms with E-state index in [0.29, 0.717) is 0 Å². The summed E-state index contributed by atoms with van der Waals surface area (Å²) in [6.07, 6.45) is -4.97. The predicted octanol–water partition coefficient (Wildman–Crippen LogP) is 2.58. The van der Waals surface area contributed by atoms with E-state index in [1.165, 1.54) is 50.4 Å². The number of carbonyl (C=O) groups excluding carboxylic acids is 3. The van der Waals surface area contributed by atoms with Gasteiger partial charge in [0.2, 0.25) is 5.78 Å². The SMILES string of the molecule is COc1cccc2c1C(=O)c1c(O)c3c(c(O)c1C2=O)C[C@@](O)(/C(C)=N/NC(=O)c1cccc([N+](=O)[O-])c1)C[C@@H]3O[C@H]1C[C@H](N)[C@H](O)[C@H](C)O1.Cl. The Labute approximate surface area is 296 Å². The second-order valence-electron chi connectivity index (χ2n) is 12.5. The minimum Gasteiger partial charge on any atom is -0.507 e. The number of ether oxygens (including phenoxy) is 3. The van der Waals surface area contributed by atoms with Crippen LogP contribution in [0.2, 0.25) is 0 Å². The van der Waals surface area contributed by atoms with Gasteiger partial charge >= 0.3 is 0 Å². The number of phenols is 2. The molecule has 3 aliphatic rings. The number of aromatic hydroxyl groups is 2. The molecule has 6 atom stereocenters. The van der Waals surface area contributed by atoms with Gasteiger partial charge in [0.1, 0.15) is 22.8 Å². The van der Waals surface area contributed by atoms with E-state index in [1.54, 1.807) is 6.92 Å². The summed E-state index contributed by atoms with van der Waals surface area (Å²) in [6, 6.07) is 8.55. The molecule has 0 bridgehead atoms. The normalized spacial score (nSPS) is 25.5. The molecule has 0 saturated carbocycles. The molecule has 1 fully saturated rings. The number of nitrogens with two attached hydrogens (primary N) is 1. The summed E-state index contributed by atoms with van der Waals surface area (Å²) >= 11 is 0. The molecular weight excluding hydrogens is 692 g/mol. The Kier molecular flexibility index (Phi) is 10.2. The van der Waals surface area contributed by atoms with Crippen molar-refractivity contribution in [2.45, 2.75) is 69.4 Å². The highest BCUT2D eigenvalue weighted by atomic mass is 35.5. The van der Waals surface area contributed by atoms with Gasteiger partial charge in [0.05, 0.1) is 52.7 Å². The van der Waals surface area contributed by atoms with Crippen LogP contribution in [0.5, 0.6) is 17.2 Å². The molecule has 1 aliphatic heterocycles.